The van der Waals surface area contributed by atoms with Gasteiger partial charge in [-0.25, -0.2) is 0 Å². The lowest BCUT2D eigenvalue weighted by molar-refractivity contribution is 0.0896. The van der Waals surface area contributed by atoms with E-state index >= 15 is 0 Å². The Bertz CT molecular complexity index is 392. The number of hydrogen-bond donors (Lipinski definition) is 0. The van der Waals surface area contributed by atoms with E-state index in [9.17, 15) is 0 Å². The molecular weight excluding hydrogens is 292 g/mol. The zero-order valence-corrected chi connectivity index (χ0v) is 12.7. The Morgan fingerprint density at radius 3 is 2.72 bits per heavy atom. The normalized spacial score (nSPS) is 23.7. The molecule has 0 spiro atoms. The van der Waals surface area contributed by atoms with Gasteiger partial charge in [0.2, 0.25) is 0 Å². The fraction of sp³-hybridized carbons (Fsp3) is 0.600. The van der Waals surface area contributed by atoms with Crippen molar-refractivity contribution in [3.8, 4) is 11.5 Å². The highest BCUT2D eigenvalue weighted by atomic mass is 79.9. The Morgan fingerprint density at radius 2 is 2.06 bits per heavy atom. The first-order chi connectivity index (χ1) is 8.74. The molecule has 18 heavy (non-hydrogen) atoms. The number of halogens is 1. The summed E-state index contributed by atoms with van der Waals surface area (Å²) in [5, 5.41) is 0. The van der Waals surface area contributed by atoms with Crippen LogP contribution in [0.4, 0.5) is 0 Å². The van der Waals surface area contributed by atoms with E-state index in [1.54, 1.807) is 7.11 Å². The predicted molar refractivity (Wildman–Crippen MR) is 77.4 cm³/mol. The zero-order valence-electron chi connectivity index (χ0n) is 11.1. The molecule has 1 aromatic carbocycles. The van der Waals surface area contributed by atoms with Crippen molar-refractivity contribution in [2.75, 3.05) is 7.11 Å². The van der Waals surface area contributed by atoms with Gasteiger partial charge in [0, 0.05) is 0 Å². The van der Waals surface area contributed by atoms with Gasteiger partial charge in [-0.05, 0) is 65.7 Å². The van der Waals surface area contributed by atoms with Crippen molar-refractivity contribution in [1.29, 1.82) is 0 Å². The van der Waals surface area contributed by atoms with Crippen molar-refractivity contribution < 1.29 is 9.47 Å². The highest BCUT2D eigenvalue weighted by Crippen LogP contribution is 2.35. The van der Waals surface area contributed by atoms with Crippen LogP contribution < -0.4 is 9.47 Å². The second-order valence-electron chi connectivity index (χ2n) is 4.91. The molecule has 0 bridgehead atoms. The van der Waals surface area contributed by atoms with Crippen molar-refractivity contribution in [1.82, 2.24) is 0 Å². The van der Waals surface area contributed by atoms with Crippen molar-refractivity contribution >= 4 is 15.9 Å². The zero-order chi connectivity index (χ0) is 13.0. The molecule has 2 unspecified atom stereocenters. The Hall–Kier alpha value is -0.700. The molecule has 100 valence electrons. The molecule has 0 heterocycles. The standard InChI is InChI=1S/C15H21BrO2/c1-3-11-6-4-5-7-14(11)18-15-9-8-12(17-2)10-13(15)16/h8-11,14H,3-7H2,1-2H3. The average Bonchev–Trinajstić information content (AvgIpc) is 2.41. The third-order valence-corrected chi connectivity index (χ3v) is 4.40. The lowest BCUT2D eigenvalue weighted by atomic mass is 9.85. The number of benzene rings is 1. The molecule has 0 saturated heterocycles. The predicted octanol–water partition coefficient (Wildman–Crippen LogP) is 4.81. The lowest BCUT2D eigenvalue weighted by Gasteiger charge is -2.31. The van der Waals surface area contributed by atoms with E-state index < -0.39 is 0 Å². The molecule has 2 nitrogen and oxygen atoms in total. The van der Waals surface area contributed by atoms with Crippen LogP contribution in [-0.2, 0) is 0 Å². The number of rotatable bonds is 4. The third-order valence-electron chi connectivity index (χ3n) is 3.78. The molecule has 3 heteroatoms. The van der Waals surface area contributed by atoms with Crippen LogP contribution in [0.2, 0.25) is 0 Å². The van der Waals surface area contributed by atoms with Crippen LogP contribution in [0.3, 0.4) is 0 Å². The second kappa shape index (κ2) is 6.46. The first-order valence-electron chi connectivity index (χ1n) is 6.74. The smallest absolute Gasteiger partial charge is 0.134 e. The quantitative estimate of drug-likeness (QED) is 0.794. The molecule has 0 aromatic heterocycles. The summed E-state index contributed by atoms with van der Waals surface area (Å²) in [6.07, 6.45) is 6.69. The molecule has 1 aliphatic rings. The summed E-state index contributed by atoms with van der Waals surface area (Å²) in [7, 11) is 1.68. The number of ether oxygens (including phenoxy) is 2. The summed E-state index contributed by atoms with van der Waals surface area (Å²) in [4.78, 5) is 0. The molecule has 0 radical (unpaired) electrons. The Labute approximate surface area is 118 Å². The third kappa shape index (κ3) is 3.19. The summed E-state index contributed by atoms with van der Waals surface area (Å²) in [6, 6.07) is 5.90. The maximum absolute atomic E-state index is 6.19. The van der Waals surface area contributed by atoms with Crippen LogP contribution in [0.25, 0.3) is 0 Å². The maximum atomic E-state index is 6.19. The van der Waals surface area contributed by atoms with E-state index in [-0.39, 0.29) is 0 Å². The van der Waals surface area contributed by atoms with E-state index in [4.69, 9.17) is 9.47 Å². The molecule has 2 rings (SSSR count). The molecule has 0 amide bonds. The van der Waals surface area contributed by atoms with Crippen molar-refractivity contribution in [3.63, 3.8) is 0 Å². The van der Waals surface area contributed by atoms with Crippen molar-refractivity contribution in [2.45, 2.75) is 45.1 Å². The van der Waals surface area contributed by atoms with Crippen LogP contribution in [-0.4, -0.2) is 13.2 Å². The minimum absolute atomic E-state index is 0.369. The van der Waals surface area contributed by atoms with Crippen molar-refractivity contribution in [3.05, 3.63) is 22.7 Å². The molecule has 0 N–H and O–H groups in total. The topological polar surface area (TPSA) is 18.5 Å². The van der Waals surface area contributed by atoms with Gasteiger partial charge in [-0.15, -0.1) is 0 Å². The molecule has 1 aliphatic carbocycles. The fourth-order valence-corrected chi connectivity index (χ4v) is 3.11. The summed E-state index contributed by atoms with van der Waals surface area (Å²) in [5.74, 6) is 2.49. The van der Waals surface area contributed by atoms with Gasteiger partial charge >= 0.3 is 0 Å². The molecule has 0 aliphatic heterocycles. The van der Waals surface area contributed by atoms with Gasteiger partial charge in [0.1, 0.15) is 17.6 Å². The lowest BCUT2D eigenvalue weighted by Crippen LogP contribution is -2.30. The minimum Gasteiger partial charge on any atom is -0.497 e. The molecule has 1 saturated carbocycles. The Balaban J connectivity index is 2.07. The van der Waals surface area contributed by atoms with E-state index in [1.807, 2.05) is 18.2 Å². The van der Waals surface area contributed by atoms with Crippen LogP contribution in [0.1, 0.15) is 39.0 Å². The number of methoxy groups -OCH3 is 1. The van der Waals surface area contributed by atoms with E-state index in [2.05, 4.69) is 22.9 Å². The van der Waals surface area contributed by atoms with Crippen LogP contribution in [0.15, 0.2) is 22.7 Å². The molecule has 1 aromatic rings. The highest BCUT2D eigenvalue weighted by Gasteiger charge is 2.25. The van der Waals surface area contributed by atoms with Gasteiger partial charge < -0.3 is 9.47 Å². The number of hydrogen-bond acceptors (Lipinski definition) is 2. The second-order valence-corrected chi connectivity index (χ2v) is 5.76. The maximum Gasteiger partial charge on any atom is 0.134 e. The summed E-state index contributed by atoms with van der Waals surface area (Å²) in [5.41, 5.74) is 0. The van der Waals surface area contributed by atoms with Crippen LogP contribution >= 0.6 is 15.9 Å². The largest absolute Gasteiger partial charge is 0.497 e. The Morgan fingerprint density at radius 1 is 1.28 bits per heavy atom. The SMILES string of the molecule is CCC1CCCCC1Oc1ccc(OC)cc1Br. The molecule has 1 fully saturated rings. The van der Waals surface area contributed by atoms with Gasteiger partial charge in [-0.3, -0.25) is 0 Å². The van der Waals surface area contributed by atoms with Crippen LogP contribution in [0.5, 0.6) is 11.5 Å². The van der Waals surface area contributed by atoms with Crippen LogP contribution in [0, 0.1) is 5.92 Å². The van der Waals surface area contributed by atoms with E-state index in [0.29, 0.717) is 12.0 Å². The summed E-state index contributed by atoms with van der Waals surface area (Å²) < 4.78 is 12.4. The van der Waals surface area contributed by atoms with Gasteiger partial charge in [0.25, 0.3) is 0 Å². The summed E-state index contributed by atoms with van der Waals surface area (Å²) >= 11 is 3.55. The van der Waals surface area contributed by atoms with Gasteiger partial charge in [-0.1, -0.05) is 13.3 Å². The van der Waals surface area contributed by atoms with Gasteiger partial charge in [0.15, 0.2) is 0 Å². The molecule has 2 atom stereocenters. The van der Waals surface area contributed by atoms with E-state index in [0.717, 1.165) is 16.0 Å². The van der Waals surface area contributed by atoms with E-state index in [1.165, 1.54) is 32.1 Å². The minimum atomic E-state index is 0.369. The van der Waals surface area contributed by atoms with Crippen molar-refractivity contribution in [2.24, 2.45) is 5.92 Å². The monoisotopic (exact) mass is 312 g/mol. The van der Waals surface area contributed by atoms with Gasteiger partial charge in [-0.2, -0.15) is 0 Å². The summed E-state index contributed by atoms with van der Waals surface area (Å²) in [6.45, 7) is 2.26. The molecular formula is C15H21BrO2. The van der Waals surface area contributed by atoms with Gasteiger partial charge in [0.05, 0.1) is 11.6 Å². The fourth-order valence-electron chi connectivity index (χ4n) is 2.66. The Kier molecular flexibility index (Phi) is 4.93. The first kappa shape index (κ1) is 13.7. The average molecular weight is 313 g/mol. The highest BCUT2D eigenvalue weighted by molar-refractivity contribution is 9.10. The first-order valence-corrected chi connectivity index (χ1v) is 7.54.